The first-order chi connectivity index (χ1) is 31.8. The van der Waals surface area contributed by atoms with Crippen LogP contribution in [0.25, 0.3) is 101 Å². The minimum absolute atomic E-state index is 1.11. The molecule has 2 nitrogen and oxygen atoms in total. The van der Waals surface area contributed by atoms with E-state index < -0.39 is 0 Å². The Morgan fingerprint density at radius 2 is 0.844 bits per heavy atom. The van der Waals surface area contributed by atoms with Gasteiger partial charge >= 0.3 is 0 Å². The topological polar surface area (TPSA) is 8.17 Å². The van der Waals surface area contributed by atoms with Crippen LogP contribution in [-0.2, 0) is 0 Å². The lowest BCUT2D eigenvalue weighted by Crippen LogP contribution is -2.13. The van der Waals surface area contributed by atoms with E-state index in [9.17, 15) is 0 Å². The van der Waals surface area contributed by atoms with E-state index in [4.69, 9.17) is 0 Å². The van der Waals surface area contributed by atoms with Crippen molar-refractivity contribution in [2.24, 2.45) is 0 Å². The van der Waals surface area contributed by atoms with Crippen LogP contribution in [-0.4, -0.2) is 4.57 Å². The lowest BCUT2D eigenvalue weighted by molar-refractivity contribution is 1.18. The Balaban J connectivity index is 1.18. The molecule has 0 aliphatic heterocycles. The largest absolute Gasteiger partial charge is 0.309 e. The number of hydrogen-bond donors (Lipinski definition) is 0. The molecular weight excluding hydrogens is 813 g/mol. The van der Waals surface area contributed by atoms with Gasteiger partial charge in [0.15, 0.2) is 0 Å². The number of fused-ring (bicyclic) bond motifs is 9. The second kappa shape index (κ2) is 15.0. The van der Waals surface area contributed by atoms with Crippen molar-refractivity contribution < 1.29 is 0 Å². The standard InChI is InChI=1S/C60H38N2S2/c1-3-18-39(19-4-1)42-22-7-11-30-51(42)62(54-33-17-32-53-58(54)50-25-8-12-31-52(50)61(53)41-20-5-2-6-21-41)55-38-40(43-26-15-28-48-45-23-9-13-34-56(45)63-59(43)48)36-37-44(55)47-27-16-29-49-46-24-10-14-35-57(46)64-60(47)49/h1-38H. The van der Waals surface area contributed by atoms with Crippen LogP contribution >= 0.6 is 22.7 Å². The van der Waals surface area contributed by atoms with Crippen LogP contribution in [0.3, 0.4) is 0 Å². The number of benzene rings is 10. The molecule has 13 rings (SSSR count). The average molecular weight is 851 g/mol. The molecule has 0 bridgehead atoms. The van der Waals surface area contributed by atoms with Crippen molar-refractivity contribution >= 4 is 102 Å². The number of aromatic nitrogens is 1. The summed E-state index contributed by atoms with van der Waals surface area (Å²) < 4.78 is 7.62. The first kappa shape index (κ1) is 36.9. The highest BCUT2D eigenvalue weighted by Crippen LogP contribution is 2.52. The summed E-state index contributed by atoms with van der Waals surface area (Å²) in [5.74, 6) is 0. The molecule has 3 heterocycles. The van der Waals surface area contributed by atoms with Crippen LogP contribution in [0.15, 0.2) is 231 Å². The van der Waals surface area contributed by atoms with E-state index in [-0.39, 0.29) is 0 Å². The minimum Gasteiger partial charge on any atom is -0.309 e. The van der Waals surface area contributed by atoms with Gasteiger partial charge in [-0.15, -0.1) is 22.7 Å². The molecule has 10 aromatic carbocycles. The maximum absolute atomic E-state index is 2.57. The number of nitrogens with zero attached hydrogens (tertiary/aromatic N) is 2. The normalized spacial score (nSPS) is 11.8. The molecule has 0 saturated carbocycles. The zero-order valence-electron chi connectivity index (χ0n) is 34.7. The number of hydrogen-bond acceptors (Lipinski definition) is 3. The zero-order valence-corrected chi connectivity index (χ0v) is 36.3. The van der Waals surface area contributed by atoms with Gasteiger partial charge < -0.3 is 9.47 Å². The highest BCUT2D eigenvalue weighted by molar-refractivity contribution is 7.26. The van der Waals surface area contributed by atoms with E-state index in [1.807, 2.05) is 22.7 Å². The van der Waals surface area contributed by atoms with Crippen LogP contribution in [0, 0.1) is 0 Å². The molecule has 0 amide bonds. The molecule has 0 saturated heterocycles. The molecule has 0 spiro atoms. The Labute approximate surface area is 378 Å². The van der Waals surface area contributed by atoms with Gasteiger partial charge in [0.2, 0.25) is 0 Å². The average Bonchev–Trinajstić information content (AvgIpc) is 4.05. The first-order valence-corrected chi connectivity index (χ1v) is 23.4. The molecule has 3 aromatic heterocycles. The van der Waals surface area contributed by atoms with Crippen molar-refractivity contribution in [1.29, 1.82) is 0 Å². The second-order valence-corrected chi connectivity index (χ2v) is 18.5. The fraction of sp³-hybridized carbons (Fsp3) is 0. The molecule has 0 atom stereocenters. The van der Waals surface area contributed by atoms with E-state index in [0.717, 1.165) is 33.8 Å². The van der Waals surface area contributed by atoms with Gasteiger partial charge in [0.25, 0.3) is 0 Å². The van der Waals surface area contributed by atoms with Gasteiger partial charge in [-0.05, 0) is 71.3 Å². The van der Waals surface area contributed by atoms with Gasteiger partial charge in [0.05, 0.1) is 28.1 Å². The summed E-state index contributed by atoms with van der Waals surface area (Å²) in [6.45, 7) is 0. The summed E-state index contributed by atoms with van der Waals surface area (Å²) in [6.07, 6.45) is 0. The van der Waals surface area contributed by atoms with Gasteiger partial charge in [-0.3, -0.25) is 0 Å². The maximum Gasteiger partial charge on any atom is 0.0562 e. The molecule has 0 fully saturated rings. The Hall–Kier alpha value is -7.76. The van der Waals surface area contributed by atoms with Gasteiger partial charge in [-0.25, -0.2) is 0 Å². The third-order valence-electron chi connectivity index (χ3n) is 12.8. The van der Waals surface area contributed by atoms with E-state index >= 15 is 0 Å². The number of para-hydroxylation sites is 3. The fourth-order valence-corrected chi connectivity index (χ4v) is 12.5. The number of rotatable bonds is 7. The third kappa shape index (κ3) is 5.77. The quantitative estimate of drug-likeness (QED) is 0.155. The summed E-state index contributed by atoms with van der Waals surface area (Å²) in [7, 11) is 0. The molecule has 0 unspecified atom stereocenters. The lowest BCUT2D eigenvalue weighted by atomic mass is 9.94. The molecule has 0 radical (unpaired) electrons. The SMILES string of the molecule is c1ccc(-c2ccccc2N(c2cc(-c3cccc4c3sc3ccccc34)ccc2-c2cccc3c2sc2ccccc23)c2cccc3c2c2ccccc2n3-c2ccccc2)cc1. The zero-order chi connectivity index (χ0) is 42.1. The lowest BCUT2D eigenvalue weighted by Gasteiger charge is -2.31. The summed E-state index contributed by atoms with van der Waals surface area (Å²) in [4.78, 5) is 2.57. The molecule has 64 heavy (non-hydrogen) atoms. The summed E-state index contributed by atoms with van der Waals surface area (Å²) in [5, 5.41) is 7.59. The van der Waals surface area contributed by atoms with Crippen molar-refractivity contribution in [3.05, 3.63) is 231 Å². The van der Waals surface area contributed by atoms with Gasteiger partial charge in [0, 0.05) is 73.5 Å². The highest BCUT2D eigenvalue weighted by Gasteiger charge is 2.27. The summed E-state index contributed by atoms with van der Waals surface area (Å²) in [6, 6.07) is 84.8. The fourth-order valence-electron chi connectivity index (χ4n) is 10.0. The highest BCUT2D eigenvalue weighted by atomic mass is 32.1. The molecule has 13 aromatic rings. The van der Waals surface area contributed by atoms with Crippen molar-refractivity contribution in [3.8, 4) is 39.1 Å². The van der Waals surface area contributed by atoms with Crippen molar-refractivity contribution in [1.82, 2.24) is 4.57 Å². The molecule has 0 aliphatic rings. The molecule has 0 aliphatic carbocycles. The maximum atomic E-state index is 2.57. The molecule has 4 heteroatoms. The molecule has 300 valence electrons. The first-order valence-electron chi connectivity index (χ1n) is 21.8. The smallest absolute Gasteiger partial charge is 0.0562 e. The Kier molecular flexibility index (Phi) is 8.61. The predicted octanol–water partition coefficient (Wildman–Crippen LogP) is 18.0. The van der Waals surface area contributed by atoms with Crippen LogP contribution < -0.4 is 4.90 Å². The van der Waals surface area contributed by atoms with Crippen molar-refractivity contribution in [2.75, 3.05) is 4.90 Å². The van der Waals surface area contributed by atoms with E-state index in [1.54, 1.807) is 0 Å². The van der Waals surface area contributed by atoms with E-state index in [2.05, 4.69) is 240 Å². The second-order valence-electron chi connectivity index (χ2n) is 16.4. The van der Waals surface area contributed by atoms with E-state index in [0.29, 0.717) is 0 Å². The predicted molar refractivity (Wildman–Crippen MR) is 278 cm³/mol. The van der Waals surface area contributed by atoms with Gasteiger partial charge in [0.1, 0.15) is 0 Å². The number of anilines is 3. The van der Waals surface area contributed by atoms with Gasteiger partial charge in [-0.2, -0.15) is 0 Å². The minimum atomic E-state index is 1.11. The van der Waals surface area contributed by atoms with Crippen LogP contribution in [0.4, 0.5) is 17.1 Å². The molecule has 0 N–H and O–H groups in total. The van der Waals surface area contributed by atoms with Crippen LogP contribution in [0.2, 0.25) is 0 Å². The van der Waals surface area contributed by atoms with Crippen LogP contribution in [0.1, 0.15) is 0 Å². The monoisotopic (exact) mass is 850 g/mol. The van der Waals surface area contributed by atoms with Crippen molar-refractivity contribution in [2.45, 2.75) is 0 Å². The Morgan fingerprint density at radius 3 is 1.59 bits per heavy atom. The Morgan fingerprint density at radius 1 is 0.312 bits per heavy atom. The van der Waals surface area contributed by atoms with Crippen molar-refractivity contribution in [3.63, 3.8) is 0 Å². The molecular formula is C60H38N2S2. The Bertz CT molecular complexity index is 3910. The summed E-state index contributed by atoms with van der Waals surface area (Å²) in [5.41, 5.74) is 14.0. The van der Waals surface area contributed by atoms with Crippen LogP contribution in [0.5, 0.6) is 0 Å². The van der Waals surface area contributed by atoms with Gasteiger partial charge in [-0.1, -0.05) is 176 Å². The van der Waals surface area contributed by atoms with E-state index in [1.165, 1.54) is 84.5 Å². The summed E-state index contributed by atoms with van der Waals surface area (Å²) >= 11 is 3.77. The number of thiophene rings is 2. The third-order valence-corrected chi connectivity index (χ3v) is 15.2.